The third kappa shape index (κ3) is 3.10. The van der Waals surface area contributed by atoms with Crippen LogP contribution in [0.25, 0.3) is 10.9 Å². The number of hydrogen-bond acceptors (Lipinski definition) is 5. The summed E-state index contributed by atoms with van der Waals surface area (Å²) in [5, 5.41) is 8.56. The number of nitrogens with one attached hydrogen (secondary N) is 1. The predicted octanol–water partition coefficient (Wildman–Crippen LogP) is 3.31. The van der Waals surface area contributed by atoms with Crippen LogP contribution < -0.4 is 10.1 Å². The van der Waals surface area contributed by atoms with Gasteiger partial charge in [-0.25, -0.2) is 4.39 Å². The highest BCUT2D eigenvalue weighted by Crippen LogP contribution is 2.35. The first-order valence-corrected chi connectivity index (χ1v) is 8.62. The maximum Gasteiger partial charge on any atom is 0.167 e. The van der Waals surface area contributed by atoms with Gasteiger partial charge in [0.25, 0.3) is 0 Å². The van der Waals surface area contributed by atoms with E-state index in [0.29, 0.717) is 11.4 Å². The van der Waals surface area contributed by atoms with Crippen LogP contribution in [0.15, 0.2) is 36.8 Å². The molecule has 136 valence electrons. The lowest BCUT2D eigenvalue weighted by Crippen LogP contribution is -2.18. The first kappa shape index (κ1) is 16.8. The number of fused-ring (bicyclic) bond motifs is 1. The minimum atomic E-state index is -0.412. The minimum Gasteiger partial charge on any atom is -0.494 e. The Hall–Kier alpha value is -2.67. The highest BCUT2D eigenvalue weighted by Gasteiger charge is 2.30. The number of ether oxygens (including phenoxy) is 2. The van der Waals surface area contributed by atoms with Crippen molar-refractivity contribution >= 4 is 16.6 Å². The Morgan fingerprint density at radius 2 is 2.31 bits per heavy atom. The van der Waals surface area contributed by atoms with Crippen molar-refractivity contribution in [3.63, 3.8) is 0 Å². The highest BCUT2D eigenvalue weighted by molar-refractivity contribution is 5.92. The molecule has 4 rings (SSSR count). The van der Waals surface area contributed by atoms with E-state index in [1.807, 2.05) is 25.5 Å². The SMILES string of the molecule is COc1cc2c(NC[C@@H]3CCO[C@H]3c3cnn(C)c3)ccnc2cc1F. The number of aryl methyl sites for hydroxylation is 1. The molecule has 0 amide bonds. The summed E-state index contributed by atoms with van der Waals surface area (Å²) >= 11 is 0. The van der Waals surface area contributed by atoms with Gasteiger partial charge in [0.2, 0.25) is 0 Å². The van der Waals surface area contributed by atoms with Gasteiger partial charge in [-0.05, 0) is 18.6 Å². The largest absolute Gasteiger partial charge is 0.494 e. The summed E-state index contributed by atoms with van der Waals surface area (Å²) in [6.45, 7) is 1.49. The fourth-order valence-corrected chi connectivity index (χ4v) is 3.50. The Bertz CT molecular complexity index is 927. The van der Waals surface area contributed by atoms with E-state index in [9.17, 15) is 4.39 Å². The molecule has 3 aromatic rings. The number of methoxy groups -OCH3 is 1. The molecule has 2 aromatic heterocycles. The number of hydrogen-bond donors (Lipinski definition) is 1. The molecular weight excluding hydrogens is 335 g/mol. The molecule has 0 radical (unpaired) electrons. The van der Waals surface area contributed by atoms with Crippen LogP contribution in [0.3, 0.4) is 0 Å². The molecule has 3 heterocycles. The molecule has 6 nitrogen and oxygen atoms in total. The van der Waals surface area contributed by atoms with Gasteiger partial charge in [0.15, 0.2) is 11.6 Å². The summed E-state index contributed by atoms with van der Waals surface area (Å²) in [7, 11) is 3.36. The highest BCUT2D eigenvalue weighted by atomic mass is 19.1. The average molecular weight is 356 g/mol. The fraction of sp³-hybridized carbons (Fsp3) is 0.368. The first-order chi connectivity index (χ1) is 12.7. The molecule has 1 aliphatic heterocycles. The quantitative estimate of drug-likeness (QED) is 0.760. The van der Waals surface area contributed by atoms with Gasteiger partial charge in [0, 0.05) is 61.2 Å². The molecular formula is C19H21FN4O2. The zero-order valence-electron chi connectivity index (χ0n) is 14.8. The summed E-state index contributed by atoms with van der Waals surface area (Å²) in [5.41, 5.74) is 2.60. The van der Waals surface area contributed by atoms with Crippen LogP contribution in [0, 0.1) is 11.7 Å². The Morgan fingerprint density at radius 1 is 1.42 bits per heavy atom. The number of benzene rings is 1. The molecule has 0 spiro atoms. The van der Waals surface area contributed by atoms with Gasteiger partial charge < -0.3 is 14.8 Å². The Kier molecular flexibility index (Phi) is 4.46. The summed E-state index contributed by atoms with van der Waals surface area (Å²) in [4.78, 5) is 4.25. The van der Waals surface area contributed by atoms with Gasteiger partial charge in [-0.1, -0.05) is 0 Å². The van der Waals surface area contributed by atoms with Crippen LogP contribution in [-0.2, 0) is 11.8 Å². The van der Waals surface area contributed by atoms with Crippen molar-refractivity contribution in [2.45, 2.75) is 12.5 Å². The Morgan fingerprint density at radius 3 is 3.08 bits per heavy atom. The van der Waals surface area contributed by atoms with Crippen LogP contribution in [0.5, 0.6) is 5.75 Å². The third-order valence-corrected chi connectivity index (χ3v) is 4.84. The number of nitrogens with zero attached hydrogens (tertiary/aromatic N) is 3. The number of rotatable bonds is 5. The zero-order valence-corrected chi connectivity index (χ0v) is 14.8. The van der Waals surface area contributed by atoms with E-state index >= 15 is 0 Å². The second-order valence-electron chi connectivity index (χ2n) is 6.53. The average Bonchev–Trinajstić information content (AvgIpc) is 3.27. The monoisotopic (exact) mass is 356 g/mol. The van der Waals surface area contributed by atoms with Gasteiger partial charge in [-0.15, -0.1) is 0 Å². The van der Waals surface area contributed by atoms with Crippen LogP contribution in [0.1, 0.15) is 18.1 Å². The third-order valence-electron chi connectivity index (χ3n) is 4.84. The maximum atomic E-state index is 13.9. The Labute approximate surface area is 150 Å². The molecule has 0 saturated carbocycles. The van der Waals surface area contributed by atoms with Crippen molar-refractivity contribution in [2.75, 3.05) is 25.6 Å². The maximum absolute atomic E-state index is 13.9. The molecule has 1 aromatic carbocycles. The second-order valence-corrected chi connectivity index (χ2v) is 6.53. The van der Waals surface area contributed by atoms with E-state index in [0.717, 1.165) is 36.2 Å². The van der Waals surface area contributed by atoms with E-state index in [1.54, 1.807) is 16.9 Å². The van der Waals surface area contributed by atoms with Gasteiger partial charge in [-0.3, -0.25) is 9.67 Å². The van der Waals surface area contributed by atoms with Crippen molar-refractivity contribution in [1.29, 1.82) is 0 Å². The number of aromatic nitrogens is 3. The molecule has 26 heavy (non-hydrogen) atoms. The van der Waals surface area contributed by atoms with Crippen LogP contribution in [-0.4, -0.2) is 35.0 Å². The molecule has 1 aliphatic rings. The zero-order chi connectivity index (χ0) is 18.1. The van der Waals surface area contributed by atoms with E-state index < -0.39 is 5.82 Å². The van der Waals surface area contributed by atoms with Crippen LogP contribution in [0.2, 0.25) is 0 Å². The lowest BCUT2D eigenvalue weighted by molar-refractivity contribution is 0.0932. The van der Waals surface area contributed by atoms with Crippen molar-refractivity contribution in [1.82, 2.24) is 14.8 Å². The molecule has 0 aliphatic carbocycles. The van der Waals surface area contributed by atoms with E-state index in [1.165, 1.54) is 13.2 Å². The first-order valence-electron chi connectivity index (χ1n) is 8.62. The van der Waals surface area contributed by atoms with E-state index in [-0.39, 0.29) is 11.9 Å². The minimum absolute atomic E-state index is 0.0382. The lowest BCUT2D eigenvalue weighted by Gasteiger charge is -2.19. The molecule has 7 heteroatoms. The summed E-state index contributed by atoms with van der Waals surface area (Å²) in [6, 6.07) is 4.98. The predicted molar refractivity (Wildman–Crippen MR) is 96.8 cm³/mol. The lowest BCUT2D eigenvalue weighted by atomic mass is 9.97. The molecule has 1 N–H and O–H groups in total. The topological polar surface area (TPSA) is 61.2 Å². The molecule has 0 bridgehead atoms. The van der Waals surface area contributed by atoms with Crippen LogP contribution >= 0.6 is 0 Å². The van der Waals surface area contributed by atoms with Crippen LogP contribution in [0.4, 0.5) is 10.1 Å². The standard InChI is InChI=1S/C19H21FN4O2/c1-24-11-13(10-23-24)19-12(4-6-26-19)9-22-16-3-5-21-17-8-15(20)18(25-2)7-14(16)17/h3,5,7-8,10-12,19H,4,6,9H2,1-2H3,(H,21,22)/t12-,19+/m0/s1. The molecule has 0 unspecified atom stereocenters. The normalized spacial score (nSPS) is 19.8. The molecule has 1 fully saturated rings. The second kappa shape index (κ2) is 6.92. The van der Waals surface area contributed by atoms with Gasteiger partial charge in [0.1, 0.15) is 0 Å². The summed E-state index contributed by atoms with van der Waals surface area (Å²) in [5.74, 6) is 0.140. The van der Waals surface area contributed by atoms with Gasteiger partial charge in [0.05, 0.1) is 24.9 Å². The summed E-state index contributed by atoms with van der Waals surface area (Å²) in [6.07, 6.45) is 6.56. The molecule has 2 atom stereocenters. The van der Waals surface area contributed by atoms with Crippen molar-refractivity contribution in [3.05, 3.63) is 48.2 Å². The number of pyridine rings is 1. The molecule has 1 saturated heterocycles. The van der Waals surface area contributed by atoms with Crippen molar-refractivity contribution in [3.8, 4) is 5.75 Å². The van der Waals surface area contributed by atoms with Gasteiger partial charge >= 0.3 is 0 Å². The Balaban J connectivity index is 1.56. The van der Waals surface area contributed by atoms with Crippen molar-refractivity contribution in [2.24, 2.45) is 13.0 Å². The number of halogens is 1. The van der Waals surface area contributed by atoms with E-state index in [4.69, 9.17) is 9.47 Å². The summed E-state index contributed by atoms with van der Waals surface area (Å²) < 4.78 is 26.7. The fourth-order valence-electron chi connectivity index (χ4n) is 3.50. The van der Waals surface area contributed by atoms with Gasteiger partial charge in [-0.2, -0.15) is 5.10 Å². The van der Waals surface area contributed by atoms with E-state index in [2.05, 4.69) is 15.4 Å². The van der Waals surface area contributed by atoms with Crippen molar-refractivity contribution < 1.29 is 13.9 Å². The smallest absolute Gasteiger partial charge is 0.167 e. The number of anilines is 1.